The SMILES string of the molecule is CN(Cc1ccc(Cl)cc1)C(=O)CC(N)c1ccccc1. The Kier molecular flexibility index (Phi) is 5.37. The van der Waals surface area contributed by atoms with Gasteiger partial charge in [0.2, 0.25) is 5.91 Å². The van der Waals surface area contributed by atoms with Gasteiger partial charge in [-0.1, -0.05) is 54.1 Å². The second-order valence-corrected chi connectivity index (χ2v) is 5.53. The molecule has 0 saturated heterocycles. The zero-order valence-electron chi connectivity index (χ0n) is 12.0. The van der Waals surface area contributed by atoms with Gasteiger partial charge in [-0.25, -0.2) is 0 Å². The first kappa shape index (κ1) is 15.5. The van der Waals surface area contributed by atoms with E-state index in [1.54, 1.807) is 11.9 Å². The van der Waals surface area contributed by atoms with Crippen molar-refractivity contribution < 1.29 is 4.79 Å². The monoisotopic (exact) mass is 302 g/mol. The smallest absolute Gasteiger partial charge is 0.224 e. The van der Waals surface area contributed by atoms with E-state index >= 15 is 0 Å². The molecule has 0 bridgehead atoms. The lowest BCUT2D eigenvalue weighted by Crippen LogP contribution is -2.29. The molecule has 1 atom stereocenters. The lowest BCUT2D eigenvalue weighted by Gasteiger charge is -2.20. The molecule has 2 aromatic rings. The Morgan fingerprint density at radius 3 is 2.38 bits per heavy atom. The Hall–Kier alpha value is -1.84. The zero-order valence-corrected chi connectivity index (χ0v) is 12.8. The molecule has 21 heavy (non-hydrogen) atoms. The van der Waals surface area contributed by atoms with Gasteiger partial charge < -0.3 is 10.6 Å². The maximum Gasteiger partial charge on any atom is 0.224 e. The fraction of sp³-hybridized carbons (Fsp3) is 0.235. The summed E-state index contributed by atoms with van der Waals surface area (Å²) in [5, 5.41) is 0.693. The van der Waals surface area contributed by atoms with Crippen molar-refractivity contribution in [3.8, 4) is 0 Å². The first-order chi connectivity index (χ1) is 10.1. The fourth-order valence-corrected chi connectivity index (χ4v) is 2.24. The fourth-order valence-electron chi connectivity index (χ4n) is 2.11. The van der Waals surface area contributed by atoms with Crippen molar-refractivity contribution in [1.82, 2.24) is 4.90 Å². The second-order valence-electron chi connectivity index (χ2n) is 5.10. The van der Waals surface area contributed by atoms with Crippen LogP contribution >= 0.6 is 11.6 Å². The Balaban J connectivity index is 1.92. The van der Waals surface area contributed by atoms with Crippen molar-refractivity contribution in [2.45, 2.75) is 19.0 Å². The third kappa shape index (κ3) is 4.59. The molecule has 2 aromatic carbocycles. The van der Waals surface area contributed by atoms with Gasteiger partial charge in [-0.15, -0.1) is 0 Å². The Morgan fingerprint density at radius 2 is 1.76 bits per heavy atom. The number of carbonyl (C=O) groups is 1. The summed E-state index contributed by atoms with van der Waals surface area (Å²) in [6.45, 7) is 0.553. The van der Waals surface area contributed by atoms with Crippen LogP contribution in [0.15, 0.2) is 54.6 Å². The van der Waals surface area contributed by atoms with E-state index in [0.29, 0.717) is 18.0 Å². The van der Waals surface area contributed by atoms with Crippen LogP contribution in [0.3, 0.4) is 0 Å². The third-order valence-corrected chi connectivity index (χ3v) is 3.63. The molecule has 2 rings (SSSR count). The summed E-state index contributed by atoms with van der Waals surface area (Å²) in [7, 11) is 1.79. The molecule has 0 radical (unpaired) electrons. The minimum Gasteiger partial charge on any atom is -0.341 e. The maximum atomic E-state index is 12.2. The number of amides is 1. The molecule has 0 aliphatic rings. The first-order valence-corrected chi connectivity index (χ1v) is 7.23. The van der Waals surface area contributed by atoms with Crippen molar-refractivity contribution in [3.05, 3.63) is 70.7 Å². The number of hydrogen-bond acceptors (Lipinski definition) is 2. The van der Waals surface area contributed by atoms with Gasteiger partial charge in [0.15, 0.2) is 0 Å². The molecular weight excluding hydrogens is 284 g/mol. The molecule has 0 spiro atoms. The zero-order chi connectivity index (χ0) is 15.2. The predicted molar refractivity (Wildman–Crippen MR) is 85.9 cm³/mol. The average molecular weight is 303 g/mol. The van der Waals surface area contributed by atoms with Gasteiger partial charge in [0.1, 0.15) is 0 Å². The maximum absolute atomic E-state index is 12.2. The van der Waals surface area contributed by atoms with E-state index in [0.717, 1.165) is 11.1 Å². The highest BCUT2D eigenvalue weighted by atomic mass is 35.5. The minimum atomic E-state index is -0.272. The Morgan fingerprint density at radius 1 is 1.14 bits per heavy atom. The molecule has 1 unspecified atom stereocenters. The second kappa shape index (κ2) is 7.25. The minimum absolute atomic E-state index is 0.0290. The highest BCUT2D eigenvalue weighted by Crippen LogP contribution is 2.16. The molecule has 0 aromatic heterocycles. The van der Waals surface area contributed by atoms with Crippen LogP contribution in [-0.4, -0.2) is 17.9 Å². The molecule has 0 saturated carbocycles. The van der Waals surface area contributed by atoms with E-state index in [-0.39, 0.29) is 11.9 Å². The topological polar surface area (TPSA) is 46.3 Å². The summed E-state index contributed by atoms with van der Waals surface area (Å²) >= 11 is 5.85. The molecule has 1 amide bonds. The van der Waals surface area contributed by atoms with Crippen molar-refractivity contribution in [2.75, 3.05) is 7.05 Å². The van der Waals surface area contributed by atoms with Gasteiger partial charge in [0, 0.05) is 31.1 Å². The van der Waals surface area contributed by atoms with E-state index in [1.807, 2.05) is 54.6 Å². The largest absolute Gasteiger partial charge is 0.341 e. The number of rotatable bonds is 5. The van der Waals surface area contributed by atoms with Crippen LogP contribution in [0.5, 0.6) is 0 Å². The summed E-state index contributed by atoms with van der Waals surface area (Å²) in [4.78, 5) is 13.9. The number of nitrogens with zero attached hydrogens (tertiary/aromatic N) is 1. The van der Waals surface area contributed by atoms with Crippen molar-refractivity contribution >= 4 is 17.5 Å². The van der Waals surface area contributed by atoms with E-state index in [9.17, 15) is 4.79 Å². The average Bonchev–Trinajstić information content (AvgIpc) is 2.50. The summed E-state index contributed by atoms with van der Waals surface area (Å²) in [5.41, 5.74) is 8.10. The first-order valence-electron chi connectivity index (χ1n) is 6.85. The highest BCUT2D eigenvalue weighted by molar-refractivity contribution is 6.30. The van der Waals surface area contributed by atoms with Gasteiger partial charge in [0.05, 0.1) is 0 Å². The van der Waals surface area contributed by atoms with Gasteiger partial charge in [-0.2, -0.15) is 0 Å². The standard InChI is InChI=1S/C17H19ClN2O/c1-20(12-13-7-9-15(18)10-8-13)17(21)11-16(19)14-5-3-2-4-6-14/h2-10,16H,11-12,19H2,1H3. The summed E-state index contributed by atoms with van der Waals surface area (Å²) in [6, 6.07) is 16.9. The van der Waals surface area contributed by atoms with Gasteiger partial charge in [0.25, 0.3) is 0 Å². The Bertz CT molecular complexity index is 583. The van der Waals surface area contributed by atoms with E-state index in [2.05, 4.69) is 0 Å². The van der Waals surface area contributed by atoms with Crippen LogP contribution < -0.4 is 5.73 Å². The van der Waals surface area contributed by atoms with Crippen LogP contribution in [0.4, 0.5) is 0 Å². The quantitative estimate of drug-likeness (QED) is 0.920. The van der Waals surface area contributed by atoms with Crippen LogP contribution in [0, 0.1) is 0 Å². The van der Waals surface area contributed by atoms with E-state index in [4.69, 9.17) is 17.3 Å². The van der Waals surface area contributed by atoms with E-state index < -0.39 is 0 Å². The molecule has 110 valence electrons. The molecule has 0 aliphatic carbocycles. The van der Waals surface area contributed by atoms with Crippen LogP contribution in [-0.2, 0) is 11.3 Å². The normalized spacial score (nSPS) is 12.0. The highest BCUT2D eigenvalue weighted by Gasteiger charge is 2.15. The summed E-state index contributed by atoms with van der Waals surface area (Å²) in [6.07, 6.45) is 0.300. The summed E-state index contributed by atoms with van der Waals surface area (Å²) < 4.78 is 0. The molecule has 0 aliphatic heterocycles. The van der Waals surface area contributed by atoms with Crippen LogP contribution in [0.2, 0.25) is 5.02 Å². The predicted octanol–water partition coefficient (Wildman–Crippen LogP) is 3.39. The number of hydrogen-bond donors (Lipinski definition) is 1. The number of nitrogens with two attached hydrogens (primary N) is 1. The number of carbonyl (C=O) groups excluding carboxylic acids is 1. The van der Waals surface area contributed by atoms with Gasteiger partial charge in [-0.05, 0) is 23.3 Å². The molecule has 3 nitrogen and oxygen atoms in total. The number of benzene rings is 2. The van der Waals surface area contributed by atoms with Crippen LogP contribution in [0.25, 0.3) is 0 Å². The molecule has 0 fully saturated rings. The lowest BCUT2D eigenvalue weighted by molar-refractivity contribution is -0.130. The van der Waals surface area contributed by atoms with Gasteiger partial charge >= 0.3 is 0 Å². The van der Waals surface area contributed by atoms with Crippen molar-refractivity contribution in [3.63, 3.8) is 0 Å². The lowest BCUT2D eigenvalue weighted by atomic mass is 10.0. The number of halogens is 1. The van der Waals surface area contributed by atoms with Crippen molar-refractivity contribution in [1.29, 1.82) is 0 Å². The third-order valence-electron chi connectivity index (χ3n) is 3.38. The Labute approximate surface area is 130 Å². The molecule has 2 N–H and O–H groups in total. The molecule has 0 heterocycles. The van der Waals surface area contributed by atoms with E-state index in [1.165, 1.54) is 0 Å². The molecule has 4 heteroatoms. The molecular formula is C17H19ClN2O. The van der Waals surface area contributed by atoms with Gasteiger partial charge in [-0.3, -0.25) is 4.79 Å². The van der Waals surface area contributed by atoms with Crippen LogP contribution in [0.1, 0.15) is 23.6 Å². The van der Waals surface area contributed by atoms with Crippen molar-refractivity contribution in [2.24, 2.45) is 5.73 Å². The summed E-state index contributed by atoms with van der Waals surface area (Å²) in [5.74, 6) is 0.0290.